The number of carboxylic acid groups (broad SMARTS) is 1. The van der Waals surface area contributed by atoms with Gasteiger partial charge in [0.2, 0.25) is 0 Å². The van der Waals surface area contributed by atoms with Gasteiger partial charge in [-0.1, -0.05) is 32.1 Å². The Bertz CT molecular complexity index is 614. The van der Waals surface area contributed by atoms with E-state index in [4.69, 9.17) is 5.11 Å². The lowest BCUT2D eigenvalue weighted by atomic mass is 9.86. The molecule has 1 aliphatic rings. The van der Waals surface area contributed by atoms with Gasteiger partial charge in [-0.15, -0.1) is 11.3 Å². The minimum atomic E-state index is -0.871. The lowest BCUT2D eigenvalue weighted by Gasteiger charge is -2.20. The number of fused-ring (bicyclic) bond motifs is 1. The first-order valence-corrected chi connectivity index (χ1v) is 8.17. The van der Waals surface area contributed by atoms with Gasteiger partial charge in [-0.2, -0.15) is 0 Å². The lowest BCUT2D eigenvalue weighted by molar-refractivity contribution is 0.0697. The second-order valence-corrected chi connectivity index (χ2v) is 6.75. The Hall–Kier alpha value is -1.42. The number of carboxylic acids is 1. The average molecular weight is 289 g/mol. The highest BCUT2D eigenvalue weighted by atomic mass is 32.1. The molecule has 0 spiro atoms. The van der Waals surface area contributed by atoms with Crippen LogP contribution in [0.4, 0.5) is 0 Å². The molecule has 0 amide bonds. The largest absolute Gasteiger partial charge is 0.478 e. The molecular formula is C16H19NO2S. The van der Waals surface area contributed by atoms with E-state index in [-0.39, 0.29) is 0 Å². The van der Waals surface area contributed by atoms with Gasteiger partial charge in [-0.25, -0.2) is 9.78 Å². The van der Waals surface area contributed by atoms with Crippen molar-refractivity contribution in [3.8, 4) is 0 Å². The summed E-state index contributed by atoms with van der Waals surface area (Å²) in [6.07, 6.45) is 9.16. The molecule has 0 unspecified atom stereocenters. The summed E-state index contributed by atoms with van der Waals surface area (Å²) < 4.78 is 0.989. The van der Waals surface area contributed by atoms with Crippen LogP contribution in [-0.2, 0) is 6.42 Å². The minimum absolute atomic E-state index is 0.347. The number of rotatable bonds is 4. The van der Waals surface area contributed by atoms with Crippen LogP contribution in [0.2, 0.25) is 0 Å². The molecule has 1 saturated carbocycles. The molecule has 3 nitrogen and oxygen atoms in total. The Kier molecular flexibility index (Phi) is 4.01. The summed E-state index contributed by atoms with van der Waals surface area (Å²) in [5.41, 5.74) is 1.28. The third kappa shape index (κ3) is 3.01. The van der Waals surface area contributed by atoms with Gasteiger partial charge in [-0.05, 0) is 37.0 Å². The Morgan fingerprint density at radius 1 is 1.30 bits per heavy atom. The van der Waals surface area contributed by atoms with E-state index in [1.54, 1.807) is 23.5 Å². The molecular weight excluding hydrogens is 270 g/mol. The quantitative estimate of drug-likeness (QED) is 0.901. The third-order valence-electron chi connectivity index (χ3n) is 4.17. The van der Waals surface area contributed by atoms with Crippen LogP contribution in [0.15, 0.2) is 18.2 Å². The van der Waals surface area contributed by atoms with Gasteiger partial charge in [0.05, 0.1) is 20.8 Å². The molecule has 1 aromatic heterocycles. The number of thiazole rings is 1. The van der Waals surface area contributed by atoms with Gasteiger partial charge >= 0.3 is 5.97 Å². The van der Waals surface area contributed by atoms with Crippen molar-refractivity contribution < 1.29 is 9.90 Å². The van der Waals surface area contributed by atoms with Crippen molar-refractivity contribution in [3.63, 3.8) is 0 Å². The van der Waals surface area contributed by atoms with Crippen LogP contribution in [0.25, 0.3) is 10.2 Å². The van der Waals surface area contributed by atoms with Crippen LogP contribution < -0.4 is 0 Å². The number of aromatic carboxylic acids is 1. The second kappa shape index (κ2) is 5.92. The van der Waals surface area contributed by atoms with Gasteiger partial charge in [-0.3, -0.25) is 0 Å². The molecule has 3 rings (SSSR count). The van der Waals surface area contributed by atoms with E-state index in [2.05, 4.69) is 4.98 Å². The molecule has 0 bridgehead atoms. The van der Waals surface area contributed by atoms with Crippen molar-refractivity contribution in [1.82, 2.24) is 4.98 Å². The zero-order chi connectivity index (χ0) is 13.9. The first-order valence-electron chi connectivity index (χ1n) is 7.35. The maximum Gasteiger partial charge on any atom is 0.335 e. The fraction of sp³-hybridized carbons (Fsp3) is 0.500. The van der Waals surface area contributed by atoms with Crippen molar-refractivity contribution in [2.45, 2.75) is 44.9 Å². The maximum absolute atomic E-state index is 11.0. The lowest BCUT2D eigenvalue weighted by Crippen LogP contribution is -2.07. The van der Waals surface area contributed by atoms with Crippen molar-refractivity contribution in [2.75, 3.05) is 0 Å². The summed E-state index contributed by atoms with van der Waals surface area (Å²) in [7, 11) is 0. The van der Waals surface area contributed by atoms with E-state index in [9.17, 15) is 4.79 Å². The van der Waals surface area contributed by atoms with E-state index in [1.807, 2.05) is 6.07 Å². The predicted octanol–water partition coefficient (Wildman–Crippen LogP) is 4.51. The van der Waals surface area contributed by atoms with E-state index in [0.717, 1.165) is 27.6 Å². The maximum atomic E-state index is 11.0. The normalized spacial score (nSPS) is 16.6. The van der Waals surface area contributed by atoms with Gasteiger partial charge in [0.15, 0.2) is 0 Å². The molecule has 1 heterocycles. The fourth-order valence-corrected chi connectivity index (χ4v) is 4.04. The Morgan fingerprint density at radius 2 is 2.10 bits per heavy atom. The van der Waals surface area contributed by atoms with Crippen LogP contribution in [0.5, 0.6) is 0 Å². The number of hydrogen-bond acceptors (Lipinski definition) is 3. The Labute approximate surface area is 122 Å². The first-order chi connectivity index (χ1) is 9.72. The molecule has 0 saturated heterocycles. The topological polar surface area (TPSA) is 50.2 Å². The molecule has 0 atom stereocenters. The number of carbonyl (C=O) groups is 1. The number of benzene rings is 1. The molecule has 106 valence electrons. The van der Waals surface area contributed by atoms with Crippen molar-refractivity contribution in [2.24, 2.45) is 5.92 Å². The van der Waals surface area contributed by atoms with Crippen LogP contribution in [0.1, 0.15) is 53.9 Å². The summed E-state index contributed by atoms with van der Waals surface area (Å²) >= 11 is 1.64. The Morgan fingerprint density at radius 3 is 2.85 bits per heavy atom. The van der Waals surface area contributed by atoms with Crippen LogP contribution in [0, 0.1) is 5.92 Å². The van der Waals surface area contributed by atoms with Crippen molar-refractivity contribution in [1.29, 1.82) is 0 Å². The summed E-state index contributed by atoms with van der Waals surface area (Å²) in [5, 5.41) is 10.2. The molecule has 0 radical (unpaired) electrons. The van der Waals surface area contributed by atoms with Gasteiger partial charge in [0, 0.05) is 0 Å². The van der Waals surface area contributed by atoms with Gasteiger partial charge < -0.3 is 5.11 Å². The standard InChI is InChI=1S/C16H19NO2S/c18-16(19)12-7-8-13-14(10-12)20-15(17-13)9-6-11-4-2-1-3-5-11/h7-8,10-11H,1-6,9H2,(H,18,19). The minimum Gasteiger partial charge on any atom is -0.478 e. The zero-order valence-corrected chi connectivity index (χ0v) is 12.3. The fourth-order valence-electron chi connectivity index (χ4n) is 3.02. The van der Waals surface area contributed by atoms with E-state index < -0.39 is 5.97 Å². The molecule has 1 fully saturated rings. The SMILES string of the molecule is O=C(O)c1ccc2nc(CCC3CCCCC3)sc2c1. The highest BCUT2D eigenvalue weighted by Gasteiger charge is 2.14. The molecule has 20 heavy (non-hydrogen) atoms. The van der Waals surface area contributed by atoms with Gasteiger partial charge in [0.25, 0.3) is 0 Å². The third-order valence-corrected chi connectivity index (χ3v) is 5.25. The first kappa shape index (κ1) is 13.6. The molecule has 1 N–H and O–H groups in total. The molecule has 4 heteroatoms. The van der Waals surface area contributed by atoms with Crippen LogP contribution in [0.3, 0.4) is 0 Å². The summed E-state index contributed by atoms with van der Waals surface area (Å²) in [5.74, 6) is -0.00519. The second-order valence-electron chi connectivity index (χ2n) is 5.64. The van der Waals surface area contributed by atoms with Crippen molar-refractivity contribution >= 4 is 27.5 Å². The number of aryl methyl sites for hydroxylation is 1. The van der Waals surface area contributed by atoms with E-state index in [1.165, 1.54) is 38.5 Å². The highest BCUT2D eigenvalue weighted by molar-refractivity contribution is 7.18. The number of hydrogen-bond donors (Lipinski definition) is 1. The monoisotopic (exact) mass is 289 g/mol. The van der Waals surface area contributed by atoms with Crippen LogP contribution >= 0.6 is 11.3 Å². The summed E-state index contributed by atoms with van der Waals surface area (Å²) in [6.45, 7) is 0. The highest BCUT2D eigenvalue weighted by Crippen LogP contribution is 2.29. The number of nitrogens with zero attached hydrogens (tertiary/aromatic N) is 1. The van der Waals surface area contributed by atoms with E-state index in [0.29, 0.717) is 5.56 Å². The summed E-state index contributed by atoms with van der Waals surface area (Å²) in [6, 6.07) is 5.19. The van der Waals surface area contributed by atoms with Gasteiger partial charge in [0.1, 0.15) is 0 Å². The average Bonchev–Trinajstić information content (AvgIpc) is 2.88. The molecule has 1 aliphatic carbocycles. The summed E-state index contributed by atoms with van der Waals surface area (Å²) in [4.78, 5) is 15.6. The van der Waals surface area contributed by atoms with Crippen molar-refractivity contribution in [3.05, 3.63) is 28.8 Å². The molecule has 2 aromatic rings. The smallest absolute Gasteiger partial charge is 0.335 e. The van der Waals surface area contributed by atoms with E-state index >= 15 is 0 Å². The van der Waals surface area contributed by atoms with Crippen LogP contribution in [-0.4, -0.2) is 16.1 Å². The number of aromatic nitrogens is 1. The Balaban J connectivity index is 1.70. The molecule has 1 aromatic carbocycles. The molecule has 0 aliphatic heterocycles. The zero-order valence-electron chi connectivity index (χ0n) is 11.5. The predicted molar refractivity (Wildman–Crippen MR) is 81.5 cm³/mol.